The Morgan fingerprint density at radius 3 is 2.41 bits per heavy atom. The molecule has 2 fully saturated rings. The lowest BCUT2D eigenvalue weighted by molar-refractivity contribution is 0.233. The quantitative estimate of drug-likeness (QED) is 0.653. The third kappa shape index (κ3) is 5.46. The smallest absolute Gasteiger partial charge is 0.266 e. The van der Waals surface area contributed by atoms with Crippen LogP contribution in [-0.2, 0) is 0 Å². The highest BCUT2D eigenvalue weighted by molar-refractivity contribution is 7.97. The average Bonchev–Trinajstić information content (AvgIpc) is 3.24. The lowest BCUT2D eigenvalue weighted by Crippen LogP contribution is -2.40. The summed E-state index contributed by atoms with van der Waals surface area (Å²) in [7, 11) is 2.18. The number of aromatic amines is 1. The first-order chi connectivity index (χ1) is 14.1. The lowest BCUT2D eigenvalue weighted by atomic mass is 9.85. The van der Waals surface area contributed by atoms with Crippen LogP contribution in [0.5, 0.6) is 0 Å². The second kappa shape index (κ2) is 9.69. The predicted octanol–water partition coefficient (Wildman–Crippen LogP) is 5.00. The van der Waals surface area contributed by atoms with Gasteiger partial charge in [-0.25, -0.2) is 4.31 Å². The second-order valence-electron chi connectivity index (χ2n) is 8.42. The molecular weight excluding hydrogens is 402 g/mol. The molecule has 1 aromatic carbocycles. The molecule has 0 radical (unpaired) electrons. The van der Waals surface area contributed by atoms with Gasteiger partial charge >= 0.3 is 0 Å². The molecular formula is C23H30ClN3OS. The minimum Gasteiger partial charge on any atom is -0.324 e. The summed E-state index contributed by atoms with van der Waals surface area (Å²) in [6.07, 6.45) is 6.34. The first-order valence-corrected chi connectivity index (χ1v) is 11.8. The van der Waals surface area contributed by atoms with Gasteiger partial charge in [0.2, 0.25) is 0 Å². The number of H-pyrrole nitrogens is 1. The van der Waals surface area contributed by atoms with Crippen LogP contribution in [0, 0.1) is 5.92 Å². The highest BCUT2D eigenvalue weighted by Crippen LogP contribution is 2.37. The normalized spacial score (nSPS) is 20.2. The summed E-state index contributed by atoms with van der Waals surface area (Å²) in [5, 5.41) is 0.257. The molecule has 6 heteroatoms. The van der Waals surface area contributed by atoms with Gasteiger partial charge in [-0.1, -0.05) is 49.4 Å². The molecule has 0 spiro atoms. The Bertz CT molecular complexity index is 855. The van der Waals surface area contributed by atoms with Crippen LogP contribution in [0.25, 0.3) is 0 Å². The molecule has 156 valence electrons. The third-order valence-electron chi connectivity index (χ3n) is 6.28. The monoisotopic (exact) mass is 431 g/mol. The number of hydrogen-bond acceptors (Lipinski definition) is 4. The molecule has 2 heterocycles. The summed E-state index contributed by atoms with van der Waals surface area (Å²) in [4.78, 5) is 18.8. The summed E-state index contributed by atoms with van der Waals surface area (Å²) in [5.41, 5.74) is 2.06. The molecule has 1 aliphatic carbocycles. The molecule has 1 unspecified atom stereocenters. The van der Waals surface area contributed by atoms with Crippen LogP contribution in [-0.4, -0.2) is 47.4 Å². The molecule has 1 aromatic heterocycles. The summed E-state index contributed by atoms with van der Waals surface area (Å²) >= 11 is 7.82. The summed E-state index contributed by atoms with van der Waals surface area (Å²) < 4.78 is 2.45. The van der Waals surface area contributed by atoms with E-state index in [1.54, 1.807) is 6.07 Å². The number of aromatic nitrogens is 1. The minimum atomic E-state index is -0.192. The molecule has 1 aliphatic heterocycles. The Balaban J connectivity index is 1.51. The Labute approximate surface area is 182 Å². The van der Waals surface area contributed by atoms with E-state index in [9.17, 15) is 4.79 Å². The van der Waals surface area contributed by atoms with Gasteiger partial charge < -0.3 is 9.88 Å². The molecule has 0 bridgehead atoms. The van der Waals surface area contributed by atoms with Crippen LogP contribution < -0.4 is 5.56 Å². The largest absolute Gasteiger partial charge is 0.324 e. The molecule has 1 saturated heterocycles. The topological polar surface area (TPSA) is 39.3 Å². The van der Waals surface area contributed by atoms with E-state index in [1.165, 1.54) is 36.1 Å². The van der Waals surface area contributed by atoms with Crippen molar-refractivity contribution >= 4 is 23.5 Å². The van der Waals surface area contributed by atoms with Crippen molar-refractivity contribution in [3.63, 3.8) is 0 Å². The van der Waals surface area contributed by atoms with Crippen LogP contribution in [0.15, 0.2) is 46.1 Å². The van der Waals surface area contributed by atoms with E-state index >= 15 is 0 Å². The summed E-state index contributed by atoms with van der Waals surface area (Å²) in [6, 6.07) is 12.7. The fourth-order valence-electron chi connectivity index (χ4n) is 4.49. The van der Waals surface area contributed by atoms with Crippen LogP contribution in [0.2, 0.25) is 5.02 Å². The van der Waals surface area contributed by atoms with E-state index in [4.69, 9.17) is 11.6 Å². The fraction of sp³-hybridized carbons (Fsp3) is 0.522. The number of likely N-dealkylation sites (N-methyl/N-ethyl adjacent to an activating group) is 1. The maximum atomic E-state index is 12.1. The van der Waals surface area contributed by atoms with Crippen molar-refractivity contribution < 1.29 is 0 Å². The van der Waals surface area contributed by atoms with Crippen molar-refractivity contribution in [2.45, 2.75) is 42.9 Å². The van der Waals surface area contributed by atoms with Gasteiger partial charge in [-0.2, -0.15) is 0 Å². The molecule has 1 saturated carbocycles. The van der Waals surface area contributed by atoms with Crippen molar-refractivity contribution in [1.82, 2.24) is 14.2 Å². The Kier molecular flexibility index (Phi) is 7.01. The maximum absolute atomic E-state index is 12.1. The van der Waals surface area contributed by atoms with Crippen molar-refractivity contribution in [2.75, 3.05) is 33.2 Å². The van der Waals surface area contributed by atoms with Gasteiger partial charge in [-0.15, -0.1) is 0 Å². The Morgan fingerprint density at radius 1 is 1.07 bits per heavy atom. The van der Waals surface area contributed by atoms with Crippen molar-refractivity contribution in [3.8, 4) is 0 Å². The number of benzene rings is 1. The van der Waals surface area contributed by atoms with Gasteiger partial charge in [-0.05, 0) is 61.2 Å². The zero-order valence-corrected chi connectivity index (χ0v) is 18.6. The molecule has 2 aliphatic rings. The minimum absolute atomic E-state index is 0.192. The van der Waals surface area contributed by atoms with Gasteiger partial charge in [0.05, 0.1) is 0 Å². The van der Waals surface area contributed by atoms with E-state index in [1.807, 2.05) is 18.0 Å². The third-order valence-corrected chi connectivity index (χ3v) is 7.69. The Morgan fingerprint density at radius 2 is 1.76 bits per heavy atom. The Hall–Kier alpha value is -1.27. The SMILES string of the molecule is CN1CCN(Sc2ccc(C(CC3CCCC3)c3ccc(Cl)c(=O)[nH]3)cc2)CC1. The number of nitrogens with one attached hydrogen (secondary N) is 1. The molecule has 0 amide bonds. The molecule has 1 atom stereocenters. The van der Waals surface area contributed by atoms with E-state index in [0.717, 1.165) is 44.2 Å². The molecule has 4 nitrogen and oxygen atoms in total. The number of hydrogen-bond donors (Lipinski definition) is 1. The van der Waals surface area contributed by atoms with Crippen molar-refractivity contribution in [3.05, 3.63) is 63.0 Å². The number of halogens is 1. The van der Waals surface area contributed by atoms with Gasteiger partial charge in [-0.3, -0.25) is 4.79 Å². The second-order valence-corrected chi connectivity index (χ2v) is 10.00. The highest BCUT2D eigenvalue weighted by Gasteiger charge is 2.24. The molecule has 2 aromatic rings. The fourth-order valence-corrected chi connectivity index (χ4v) is 5.50. The van der Waals surface area contributed by atoms with Crippen LogP contribution in [0.4, 0.5) is 0 Å². The van der Waals surface area contributed by atoms with E-state index < -0.39 is 0 Å². The lowest BCUT2D eigenvalue weighted by Gasteiger charge is -2.31. The first-order valence-electron chi connectivity index (χ1n) is 10.7. The van der Waals surface area contributed by atoms with E-state index in [2.05, 4.69) is 45.5 Å². The predicted molar refractivity (Wildman–Crippen MR) is 122 cm³/mol. The maximum Gasteiger partial charge on any atom is 0.266 e. The van der Waals surface area contributed by atoms with Gasteiger partial charge in [0.1, 0.15) is 5.02 Å². The van der Waals surface area contributed by atoms with Crippen LogP contribution in [0.1, 0.15) is 49.3 Å². The van der Waals surface area contributed by atoms with Gasteiger partial charge in [0, 0.05) is 42.7 Å². The van der Waals surface area contributed by atoms with Gasteiger partial charge in [0.25, 0.3) is 5.56 Å². The number of pyridine rings is 1. The first kappa shape index (κ1) is 21.0. The molecule has 1 N–H and O–H groups in total. The summed E-state index contributed by atoms with van der Waals surface area (Å²) in [5.74, 6) is 0.948. The van der Waals surface area contributed by atoms with Crippen molar-refractivity contribution in [2.24, 2.45) is 5.92 Å². The molecule has 29 heavy (non-hydrogen) atoms. The van der Waals surface area contributed by atoms with Crippen molar-refractivity contribution in [1.29, 1.82) is 0 Å². The van der Waals surface area contributed by atoms with Gasteiger partial charge in [0.15, 0.2) is 0 Å². The summed E-state index contributed by atoms with van der Waals surface area (Å²) in [6.45, 7) is 4.44. The molecule has 4 rings (SSSR count). The number of rotatable bonds is 6. The number of nitrogens with zero attached hydrogens (tertiary/aromatic N) is 2. The van der Waals surface area contributed by atoms with Crippen LogP contribution >= 0.6 is 23.5 Å². The standard InChI is InChI=1S/C23H30ClN3OS/c1-26-12-14-27(15-13-26)29-19-8-6-18(7-9-19)20(16-17-4-2-3-5-17)22-11-10-21(24)23(28)25-22/h6-11,17,20H,2-5,12-16H2,1H3,(H,25,28). The average molecular weight is 432 g/mol. The van der Waals surface area contributed by atoms with Crippen LogP contribution in [0.3, 0.4) is 0 Å². The zero-order chi connectivity index (χ0) is 20.2. The zero-order valence-electron chi connectivity index (χ0n) is 17.1. The van der Waals surface area contributed by atoms with E-state index in [-0.39, 0.29) is 16.5 Å². The number of piperazine rings is 1. The van der Waals surface area contributed by atoms with E-state index in [0.29, 0.717) is 0 Å². The highest BCUT2D eigenvalue weighted by atomic mass is 35.5.